The summed E-state index contributed by atoms with van der Waals surface area (Å²) in [5.74, 6) is 0.743. The Bertz CT molecular complexity index is 343. The summed E-state index contributed by atoms with van der Waals surface area (Å²) in [5.41, 5.74) is 2.23. The van der Waals surface area contributed by atoms with Gasteiger partial charge in [-0.3, -0.25) is 4.79 Å². The highest BCUT2D eigenvalue weighted by atomic mass is 32.2. The van der Waals surface area contributed by atoms with Gasteiger partial charge in [-0.1, -0.05) is 0 Å². The van der Waals surface area contributed by atoms with Crippen LogP contribution in [0, 0.1) is 6.92 Å². The van der Waals surface area contributed by atoms with E-state index in [1.807, 2.05) is 6.92 Å². The molecular formula is C9H10O2S2. The maximum atomic E-state index is 11.0. The predicted octanol–water partition coefficient (Wildman–Crippen LogP) is 2.47. The van der Waals surface area contributed by atoms with Gasteiger partial charge in [0, 0.05) is 16.4 Å². The quantitative estimate of drug-likeness (QED) is 0.780. The van der Waals surface area contributed by atoms with E-state index >= 15 is 0 Å². The second kappa shape index (κ2) is 3.35. The van der Waals surface area contributed by atoms with E-state index in [1.165, 1.54) is 4.88 Å². The molecule has 1 aliphatic rings. The third-order valence-electron chi connectivity index (χ3n) is 2.27. The number of carboxylic acids is 1. The van der Waals surface area contributed by atoms with Crippen molar-refractivity contribution in [3.05, 3.63) is 21.4 Å². The Morgan fingerprint density at radius 1 is 1.69 bits per heavy atom. The van der Waals surface area contributed by atoms with Crippen LogP contribution in [-0.4, -0.2) is 16.8 Å². The van der Waals surface area contributed by atoms with Crippen LogP contribution < -0.4 is 0 Å². The second-order valence-electron chi connectivity index (χ2n) is 3.16. The SMILES string of the molecule is Cc1csc2c1C(C(=O)O)CSC2. The molecule has 0 saturated carbocycles. The van der Waals surface area contributed by atoms with Crippen LogP contribution in [0.15, 0.2) is 5.38 Å². The smallest absolute Gasteiger partial charge is 0.311 e. The molecule has 4 heteroatoms. The number of fused-ring (bicyclic) bond motifs is 1. The monoisotopic (exact) mass is 214 g/mol. The molecule has 1 atom stereocenters. The molecule has 2 nitrogen and oxygen atoms in total. The molecule has 0 radical (unpaired) electrons. The summed E-state index contributed by atoms with van der Waals surface area (Å²) >= 11 is 3.41. The Morgan fingerprint density at radius 3 is 3.15 bits per heavy atom. The molecule has 0 saturated heterocycles. The van der Waals surface area contributed by atoms with E-state index in [1.54, 1.807) is 23.1 Å². The standard InChI is InChI=1S/C9H10O2S2/c1-5-2-13-7-4-12-3-6(8(5)7)9(10)11/h2,6H,3-4H2,1H3,(H,10,11). The largest absolute Gasteiger partial charge is 0.481 e. The number of thioether (sulfide) groups is 1. The highest BCUT2D eigenvalue weighted by Crippen LogP contribution is 2.38. The molecule has 0 bridgehead atoms. The molecule has 2 heterocycles. The Hall–Kier alpha value is -0.480. The van der Waals surface area contributed by atoms with Gasteiger partial charge in [0.2, 0.25) is 0 Å². The third-order valence-corrected chi connectivity index (χ3v) is 4.63. The van der Waals surface area contributed by atoms with E-state index in [-0.39, 0.29) is 5.92 Å². The van der Waals surface area contributed by atoms with Gasteiger partial charge in [-0.05, 0) is 23.4 Å². The van der Waals surface area contributed by atoms with Gasteiger partial charge in [0.25, 0.3) is 0 Å². The molecule has 1 N–H and O–H groups in total. The molecule has 1 unspecified atom stereocenters. The van der Waals surface area contributed by atoms with Crippen molar-refractivity contribution in [2.75, 3.05) is 5.75 Å². The summed E-state index contributed by atoms with van der Waals surface area (Å²) < 4.78 is 0. The molecule has 1 aromatic heterocycles. The van der Waals surface area contributed by atoms with Gasteiger partial charge < -0.3 is 5.11 Å². The number of aryl methyl sites for hydroxylation is 1. The maximum absolute atomic E-state index is 11.0. The van der Waals surface area contributed by atoms with Gasteiger partial charge in [-0.2, -0.15) is 11.8 Å². The van der Waals surface area contributed by atoms with E-state index in [0.717, 1.165) is 22.6 Å². The maximum Gasteiger partial charge on any atom is 0.311 e. The number of rotatable bonds is 1. The van der Waals surface area contributed by atoms with Crippen LogP contribution >= 0.6 is 23.1 Å². The highest BCUT2D eigenvalue weighted by Gasteiger charge is 2.29. The lowest BCUT2D eigenvalue weighted by atomic mass is 9.98. The predicted molar refractivity (Wildman–Crippen MR) is 55.6 cm³/mol. The minimum atomic E-state index is -0.685. The topological polar surface area (TPSA) is 37.3 Å². The summed E-state index contributed by atoms with van der Waals surface area (Å²) in [6.07, 6.45) is 0. The van der Waals surface area contributed by atoms with Crippen LogP contribution in [0.3, 0.4) is 0 Å². The normalized spacial score (nSPS) is 21.2. The first kappa shape index (κ1) is 9.09. The van der Waals surface area contributed by atoms with Crippen molar-refractivity contribution in [1.82, 2.24) is 0 Å². The van der Waals surface area contributed by atoms with Crippen LogP contribution in [0.4, 0.5) is 0 Å². The van der Waals surface area contributed by atoms with Crippen LogP contribution in [0.5, 0.6) is 0 Å². The number of thiophene rings is 1. The lowest BCUT2D eigenvalue weighted by Gasteiger charge is -2.19. The van der Waals surface area contributed by atoms with E-state index in [0.29, 0.717) is 0 Å². The minimum absolute atomic E-state index is 0.278. The molecule has 0 spiro atoms. The van der Waals surface area contributed by atoms with Crippen molar-refractivity contribution in [3.63, 3.8) is 0 Å². The molecule has 0 amide bonds. The highest BCUT2D eigenvalue weighted by molar-refractivity contribution is 7.98. The lowest BCUT2D eigenvalue weighted by molar-refractivity contribution is -0.138. The summed E-state index contributed by atoms with van der Waals surface area (Å²) in [4.78, 5) is 12.2. The van der Waals surface area contributed by atoms with Crippen molar-refractivity contribution in [1.29, 1.82) is 0 Å². The molecule has 70 valence electrons. The number of hydrogen-bond acceptors (Lipinski definition) is 3. The molecule has 0 fully saturated rings. The molecule has 1 aromatic rings. The van der Waals surface area contributed by atoms with Crippen LogP contribution in [0.2, 0.25) is 0 Å². The van der Waals surface area contributed by atoms with Crippen molar-refractivity contribution in [2.45, 2.75) is 18.6 Å². The first-order valence-corrected chi connectivity index (χ1v) is 6.11. The molecule has 13 heavy (non-hydrogen) atoms. The summed E-state index contributed by atoms with van der Waals surface area (Å²) in [5, 5.41) is 11.1. The zero-order valence-electron chi connectivity index (χ0n) is 7.24. The average molecular weight is 214 g/mol. The summed E-state index contributed by atoms with van der Waals surface area (Å²) in [7, 11) is 0. The Labute approximate surface area is 85.0 Å². The average Bonchev–Trinajstić information content (AvgIpc) is 2.48. The molecular weight excluding hydrogens is 204 g/mol. The molecule has 0 aromatic carbocycles. The zero-order chi connectivity index (χ0) is 9.42. The van der Waals surface area contributed by atoms with E-state index < -0.39 is 5.97 Å². The number of hydrogen-bond donors (Lipinski definition) is 1. The Balaban J connectivity index is 2.46. The van der Waals surface area contributed by atoms with Crippen LogP contribution in [0.1, 0.15) is 21.9 Å². The fourth-order valence-electron chi connectivity index (χ4n) is 1.63. The van der Waals surface area contributed by atoms with Crippen molar-refractivity contribution < 1.29 is 9.90 Å². The van der Waals surface area contributed by atoms with Crippen LogP contribution in [-0.2, 0) is 10.5 Å². The van der Waals surface area contributed by atoms with Gasteiger partial charge in [0.15, 0.2) is 0 Å². The van der Waals surface area contributed by atoms with Gasteiger partial charge >= 0.3 is 5.97 Å². The number of carbonyl (C=O) groups is 1. The lowest BCUT2D eigenvalue weighted by Crippen LogP contribution is -2.18. The zero-order valence-corrected chi connectivity index (χ0v) is 8.87. The first-order chi connectivity index (χ1) is 6.20. The summed E-state index contributed by atoms with van der Waals surface area (Å²) in [6.45, 7) is 2.00. The fraction of sp³-hybridized carbons (Fsp3) is 0.444. The first-order valence-electron chi connectivity index (χ1n) is 4.07. The van der Waals surface area contributed by atoms with Gasteiger partial charge in [-0.25, -0.2) is 0 Å². The fourth-order valence-corrected chi connectivity index (χ4v) is 4.04. The third kappa shape index (κ3) is 1.48. The van der Waals surface area contributed by atoms with Crippen molar-refractivity contribution in [3.8, 4) is 0 Å². The van der Waals surface area contributed by atoms with Gasteiger partial charge in [0.05, 0.1) is 5.92 Å². The Morgan fingerprint density at radius 2 is 2.46 bits per heavy atom. The van der Waals surface area contributed by atoms with Crippen LogP contribution in [0.25, 0.3) is 0 Å². The number of carboxylic acid groups (broad SMARTS) is 1. The van der Waals surface area contributed by atoms with Crippen molar-refractivity contribution in [2.24, 2.45) is 0 Å². The number of aliphatic carboxylic acids is 1. The summed E-state index contributed by atoms with van der Waals surface area (Å²) in [6, 6.07) is 0. The van der Waals surface area contributed by atoms with Crippen molar-refractivity contribution >= 4 is 29.1 Å². The molecule has 0 aliphatic carbocycles. The second-order valence-corrected chi connectivity index (χ2v) is 5.16. The Kier molecular flexibility index (Phi) is 2.34. The van der Waals surface area contributed by atoms with Gasteiger partial charge in [0.1, 0.15) is 0 Å². The molecule has 2 rings (SSSR count). The van der Waals surface area contributed by atoms with E-state index in [9.17, 15) is 4.79 Å². The van der Waals surface area contributed by atoms with Gasteiger partial charge in [-0.15, -0.1) is 11.3 Å². The van der Waals surface area contributed by atoms with E-state index in [4.69, 9.17) is 5.11 Å². The minimum Gasteiger partial charge on any atom is -0.481 e. The van der Waals surface area contributed by atoms with E-state index in [2.05, 4.69) is 5.38 Å². The molecule has 1 aliphatic heterocycles.